The van der Waals surface area contributed by atoms with Crippen LogP contribution in [0.25, 0.3) is 0 Å². The lowest BCUT2D eigenvalue weighted by Crippen LogP contribution is -2.14. The third-order valence-electron chi connectivity index (χ3n) is 2.77. The average Bonchev–Trinajstić information content (AvgIpc) is 2.40. The largest absolute Gasteiger partial charge is 0.478 e. The molecule has 1 heterocycles. The molecule has 0 spiro atoms. The maximum atomic E-state index is 11.4. The Morgan fingerprint density at radius 1 is 1.29 bits per heavy atom. The number of hydrogen-bond donors (Lipinski definition) is 3. The maximum absolute atomic E-state index is 11.4. The topological polar surface area (TPSA) is 105 Å². The third-order valence-corrected chi connectivity index (χ3v) is 3.43. The van der Waals surface area contributed by atoms with Gasteiger partial charge in [0.15, 0.2) is 0 Å². The monoisotopic (exact) mass is 349 g/mol. The van der Waals surface area contributed by atoms with E-state index in [0.717, 1.165) is 5.69 Å². The standard InChI is InChI=1S/C14H12BrN3O3/c1-7-2-4-9(12(16)19)13(17-7)18-11-5-3-8(14(20)21)6-10(11)15/h2-6H,1H3,(H2,16,19)(H,17,18)(H,20,21). The number of anilines is 2. The molecule has 0 radical (unpaired) electrons. The predicted molar refractivity (Wildman–Crippen MR) is 81.9 cm³/mol. The van der Waals surface area contributed by atoms with Crippen molar-refractivity contribution in [3.63, 3.8) is 0 Å². The number of aromatic nitrogens is 1. The van der Waals surface area contributed by atoms with Gasteiger partial charge in [-0.3, -0.25) is 4.79 Å². The normalized spacial score (nSPS) is 10.2. The van der Waals surface area contributed by atoms with Crippen molar-refractivity contribution in [1.82, 2.24) is 4.98 Å². The van der Waals surface area contributed by atoms with E-state index in [1.54, 1.807) is 25.1 Å². The minimum absolute atomic E-state index is 0.153. The minimum atomic E-state index is -1.02. The van der Waals surface area contributed by atoms with Crippen LogP contribution in [0.1, 0.15) is 26.4 Å². The summed E-state index contributed by atoms with van der Waals surface area (Å²) in [5.41, 5.74) is 7.03. The molecule has 0 saturated heterocycles. The highest BCUT2D eigenvalue weighted by molar-refractivity contribution is 9.10. The molecule has 108 valence electrons. The van der Waals surface area contributed by atoms with E-state index in [1.807, 2.05) is 0 Å². The molecule has 21 heavy (non-hydrogen) atoms. The fraction of sp³-hybridized carbons (Fsp3) is 0.0714. The lowest BCUT2D eigenvalue weighted by molar-refractivity contribution is 0.0696. The number of hydrogen-bond acceptors (Lipinski definition) is 4. The summed E-state index contributed by atoms with van der Waals surface area (Å²) in [6.07, 6.45) is 0. The lowest BCUT2D eigenvalue weighted by Gasteiger charge is -2.12. The molecule has 6 nitrogen and oxygen atoms in total. The van der Waals surface area contributed by atoms with Gasteiger partial charge in [0.05, 0.1) is 16.8 Å². The Hall–Kier alpha value is -2.41. The van der Waals surface area contributed by atoms with Gasteiger partial charge in [-0.2, -0.15) is 0 Å². The van der Waals surface area contributed by atoms with Gasteiger partial charge in [0.25, 0.3) is 5.91 Å². The van der Waals surface area contributed by atoms with Crippen LogP contribution in [0, 0.1) is 6.92 Å². The Morgan fingerprint density at radius 3 is 2.57 bits per heavy atom. The van der Waals surface area contributed by atoms with Crippen molar-refractivity contribution in [3.8, 4) is 0 Å². The molecular weight excluding hydrogens is 338 g/mol. The van der Waals surface area contributed by atoms with Crippen LogP contribution in [0.4, 0.5) is 11.5 Å². The van der Waals surface area contributed by atoms with Crippen molar-refractivity contribution in [2.45, 2.75) is 6.92 Å². The van der Waals surface area contributed by atoms with Gasteiger partial charge in [0.2, 0.25) is 0 Å². The van der Waals surface area contributed by atoms with E-state index in [1.165, 1.54) is 12.1 Å². The highest BCUT2D eigenvalue weighted by Crippen LogP contribution is 2.27. The molecule has 0 fully saturated rings. The summed E-state index contributed by atoms with van der Waals surface area (Å²) in [6, 6.07) is 7.78. The van der Waals surface area contributed by atoms with Crippen LogP contribution in [0.15, 0.2) is 34.8 Å². The molecule has 1 aromatic carbocycles. The second-order valence-corrected chi connectivity index (χ2v) is 5.19. The van der Waals surface area contributed by atoms with Crippen LogP contribution in [-0.2, 0) is 0 Å². The number of rotatable bonds is 4. The van der Waals surface area contributed by atoms with Gasteiger partial charge in [0, 0.05) is 10.2 Å². The number of nitrogens with zero attached hydrogens (tertiary/aromatic N) is 1. The molecule has 7 heteroatoms. The highest BCUT2D eigenvalue weighted by Gasteiger charge is 2.12. The number of aromatic carboxylic acids is 1. The average molecular weight is 350 g/mol. The van der Waals surface area contributed by atoms with Gasteiger partial charge in [-0.05, 0) is 53.2 Å². The van der Waals surface area contributed by atoms with Crippen LogP contribution in [0.3, 0.4) is 0 Å². The first-order valence-electron chi connectivity index (χ1n) is 5.96. The molecule has 0 aliphatic rings. The zero-order chi connectivity index (χ0) is 15.6. The minimum Gasteiger partial charge on any atom is -0.478 e. The molecular formula is C14H12BrN3O3. The Balaban J connectivity index is 2.40. The molecule has 0 atom stereocenters. The van der Waals surface area contributed by atoms with Gasteiger partial charge < -0.3 is 16.2 Å². The van der Waals surface area contributed by atoms with E-state index in [0.29, 0.717) is 16.0 Å². The van der Waals surface area contributed by atoms with Crippen molar-refractivity contribution in [2.24, 2.45) is 5.73 Å². The number of nitrogens with two attached hydrogens (primary N) is 1. The molecule has 0 aliphatic carbocycles. The summed E-state index contributed by atoms with van der Waals surface area (Å²) in [5, 5.41) is 11.9. The summed E-state index contributed by atoms with van der Waals surface area (Å²) in [7, 11) is 0. The summed E-state index contributed by atoms with van der Waals surface area (Å²) in [6.45, 7) is 1.79. The first-order valence-corrected chi connectivity index (χ1v) is 6.75. The Kier molecular flexibility index (Phi) is 4.23. The number of nitrogens with one attached hydrogen (secondary N) is 1. The van der Waals surface area contributed by atoms with E-state index in [4.69, 9.17) is 10.8 Å². The quantitative estimate of drug-likeness (QED) is 0.786. The van der Waals surface area contributed by atoms with E-state index >= 15 is 0 Å². The number of carbonyl (C=O) groups excluding carboxylic acids is 1. The molecule has 0 aliphatic heterocycles. The van der Waals surface area contributed by atoms with E-state index < -0.39 is 11.9 Å². The number of pyridine rings is 1. The second kappa shape index (κ2) is 5.92. The number of aryl methyl sites for hydroxylation is 1. The van der Waals surface area contributed by atoms with Gasteiger partial charge in [-0.15, -0.1) is 0 Å². The Morgan fingerprint density at radius 2 is 2.00 bits per heavy atom. The smallest absolute Gasteiger partial charge is 0.335 e. The lowest BCUT2D eigenvalue weighted by atomic mass is 10.2. The van der Waals surface area contributed by atoms with Crippen LogP contribution in [0.5, 0.6) is 0 Å². The first-order chi connectivity index (χ1) is 9.88. The van der Waals surface area contributed by atoms with Gasteiger partial charge in [-0.25, -0.2) is 9.78 Å². The predicted octanol–water partition coefficient (Wildman–Crippen LogP) is 2.69. The van der Waals surface area contributed by atoms with E-state index in [2.05, 4.69) is 26.2 Å². The molecule has 1 amide bonds. The number of amides is 1. The van der Waals surface area contributed by atoms with Crippen molar-refractivity contribution >= 4 is 39.3 Å². The molecule has 0 saturated carbocycles. The zero-order valence-electron chi connectivity index (χ0n) is 11.1. The number of carboxylic acid groups (broad SMARTS) is 1. The second-order valence-electron chi connectivity index (χ2n) is 4.34. The Bertz CT molecular complexity index is 731. The molecule has 0 unspecified atom stereocenters. The highest BCUT2D eigenvalue weighted by atomic mass is 79.9. The molecule has 2 rings (SSSR count). The van der Waals surface area contributed by atoms with Crippen LogP contribution >= 0.6 is 15.9 Å². The number of carbonyl (C=O) groups is 2. The number of primary amides is 1. The van der Waals surface area contributed by atoms with Crippen molar-refractivity contribution in [1.29, 1.82) is 0 Å². The van der Waals surface area contributed by atoms with Gasteiger partial charge >= 0.3 is 5.97 Å². The number of halogens is 1. The molecule has 4 N–H and O–H groups in total. The molecule has 0 bridgehead atoms. The van der Waals surface area contributed by atoms with Crippen LogP contribution in [0.2, 0.25) is 0 Å². The Labute approximate surface area is 129 Å². The van der Waals surface area contributed by atoms with Crippen LogP contribution in [-0.4, -0.2) is 22.0 Å². The van der Waals surface area contributed by atoms with Crippen LogP contribution < -0.4 is 11.1 Å². The summed E-state index contributed by atoms with van der Waals surface area (Å²) in [4.78, 5) is 26.5. The number of carboxylic acids is 1. The third kappa shape index (κ3) is 3.38. The fourth-order valence-corrected chi connectivity index (χ4v) is 2.21. The summed E-state index contributed by atoms with van der Waals surface area (Å²) >= 11 is 3.28. The summed E-state index contributed by atoms with van der Waals surface area (Å²) in [5.74, 6) is -1.29. The van der Waals surface area contributed by atoms with Crippen molar-refractivity contribution in [3.05, 3.63) is 51.6 Å². The maximum Gasteiger partial charge on any atom is 0.335 e. The van der Waals surface area contributed by atoms with E-state index in [9.17, 15) is 9.59 Å². The van der Waals surface area contributed by atoms with Crippen molar-refractivity contribution < 1.29 is 14.7 Å². The molecule has 2 aromatic rings. The van der Waals surface area contributed by atoms with Crippen molar-refractivity contribution in [2.75, 3.05) is 5.32 Å². The zero-order valence-corrected chi connectivity index (χ0v) is 12.6. The van der Waals surface area contributed by atoms with Gasteiger partial charge in [0.1, 0.15) is 5.82 Å². The summed E-state index contributed by atoms with van der Waals surface area (Å²) < 4.78 is 0.543. The van der Waals surface area contributed by atoms with Gasteiger partial charge in [-0.1, -0.05) is 0 Å². The fourth-order valence-electron chi connectivity index (χ4n) is 1.73. The van der Waals surface area contributed by atoms with E-state index in [-0.39, 0.29) is 11.1 Å². The number of benzene rings is 1. The molecule has 1 aromatic heterocycles. The SMILES string of the molecule is Cc1ccc(C(N)=O)c(Nc2ccc(C(=O)O)cc2Br)n1. The first kappa shape index (κ1) is 15.0.